The molecule has 0 saturated heterocycles. The highest BCUT2D eigenvalue weighted by molar-refractivity contribution is 5.93. The fourth-order valence-corrected chi connectivity index (χ4v) is 1.65. The monoisotopic (exact) mass is 263 g/mol. The molecule has 0 atom stereocenters. The van der Waals surface area contributed by atoms with Crippen molar-refractivity contribution in [3.05, 3.63) is 30.1 Å². The van der Waals surface area contributed by atoms with Crippen LogP contribution in [0.3, 0.4) is 0 Å². The van der Waals surface area contributed by atoms with Crippen molar-refractivity contribution in [2.75, 3.05) is 13.1 Å². The lowest BCUT2D eigenvalue weighted by Crippen LogP contribution is -2.47. The first-order valence-corrected chi connectivity index (χ1v) is 6.43. The van der Waals surface area contributed by atoms with E-state index in [9.17, 15) is 4.79 Å². The van der Waals surface area contributed by atoms with Gasteiger partial charge in [0.05, 0.1) is 0 Å². The van der Waals surface area contributed by atoms with Crippen LogP contribution in [-0.4, -0.2) is 35.0 Å². The number of nitrogens with zero attached hydrogens (tertiary/aromatic N) is 2. The number of carbonyl (C=O) groups excluding carboxylic acids is 1. The van der Waals surface area contributed by atoms with Crippen LogP contribution in [0.2, 0.25) is 0 Å². The summed E-state index contributed by atoms with van der Waals surface area (Å²) < 4.78 is 0. The number of nitrogens with one attached hydrogen (secondary N) is 2. The largest absolute Gasteiger partial charge is 0.370 e. The van der Waals surface area contributed by atoms with Gasteiger partial charge < -0.3 is 11.1 Å². The Bertz CT molecular complexity index is 407. The van der Waals surface area contributed by atoms with Crippen molar-refractivity contribution >= 4 is 12.0 Å². The predicted molar refractivity (Wildman–Crippen MR) is 74.9 cm³/mol. The predicted octanol–water partition coefficient (Wildman–Crippen LogP) is 1.33. The number of amides is 2. The third-order valence-corrected chi connectivity index (χ3v) is 2.66. The molecule has 0 radical (unpaired) electrons. The summed E-state index contributed by atoms with van der Waals surface area (Å²) in [5, 5.41) is 10.2. The van der Waals surface area contributed by atoms with E-state index in [0.29, 0.717) is 13.1 Å². The Morgan fingerprint density at radius 2 is 2.16 bits per heavy atom. The molecule has 1 heterocycles. The zero-order valence-corrected chi connectivity index (χ0v) is 11.2. The van der Waals surface area contributed by atoms with Gasteiger partial charge in [0.2, 0.25) is 0 Å². The van der Waals surface area contributed by atoms with E-state index in [-0.39, 0.29) is 12.0 Å². The fourth-order valence-electron chi connectivity index (χ4n) is 1.65. The highest BCUT2D eigenvalue weighted by Crippen LogP contribution is 2.02. The molecule has 104 valence electrons. The number of hydrogen-bond acceptors (Lipinski definition) is 3. The van der Waals surface area contributed by atoms with E-state index in [0.717, 1.165) is 24.8 Å². The normalized spacial score (nSPS) is 9.95. The third kappa shape index (κ3) is 5.37. The Hall–Kier alpha value is -2.11. The molecule has 1 rings (SSSR count). The zero-order chi connectivity index (χ0) is 14.1. The first-order chi connectivity index (χ1) is 9.15. The van der Waals surface area contributed by atoms with E-state index in [4.69, 9.17) is 11.1 Å². The molecule has 0 bridgehead atoms. The topological polar surface area (TPSA) is 95.1 Å². The van der Waals surface area contributed by atoms with Gasteiger partial charge in [-0.3, -0.25) is 15.3 Å². The molecular formula is C13H21N5O. The summed E-state index contributed by atoms with van der Waals surface area (Å²) in [5.74, 6) is -0.219. The van der Waals surface area contributed by atoms with Crippen LogP contribution in [0.4, 0.5) is 4.79 Å². The Morgan fingerprint density at radius 3 is 2.74 bits per heavy atom. The molecule has 1 aromatic rings. The lowest BCUT2D eigenvalue weighted by atomic mass is 10.1. The Labute approximate surface area is 113 Å². The van der Waals surface area contributed by atoms with Crippen molar-refractivity contribution in [2.24, 2.45) is 5.73 Å². The molecule has 0 unspecified atom stereocenters. The summed E-state index contributed by atoms with van der Waals surface area (Å²) in [7, 11) is 0. The van der Waals surface area contributed by atoms with E-state index in [1.807, 2.05) is 19.1 Å². The van der Waals surface area contributed by atoms with Gasteiger partial charge in [0.15, 0.2) is 5.96 Å². The van der Waals surface area contributed by atoms with Crippen molar-refractivity contribution < 1.29 is 4.79 Å². The second kappa shape index (κ2) is 8.07. The van der Waals surface area contributed by atoms with Crippen molar-refractivity contribution in [2.45, 2.75) is 26.2 Å². The molecule has 0 aliphatic heterocycles. The number of hydrogen-bond donors (Lipinski definition) is 3. The molecule has 1 aromatic heterocycles. The zero-order valence-electron chi connectivity index (χ0n) is 11.2. The van der Waals surface area contributed by atoms with Gasteiger partial charge in [0.25, 0.3) is 0 Å². The molecule has 0 spiro atoms. The molecule has 4 N–H and O–H groups in total. The van der Waals surface area contributed by atoms with E-state index in [1.54, 1.807) is 12.4 Å². The standard InChI is InChI=1S/C13H21N5O/c1-2-7-17-13(19)18(12(14)15)10-3-4-11-5-8-16-9-6-11/h5-6,8-9H,2-4,7,10H2,1H3,(H3,14,15)(H,17,19). The summed E-state index contributed by atoms with van der Waals surface area (Å²) in [6.45, 7) is 3.00. The first-order valence-electron chi connectivity index (χ1n) is 6.43. The van der Waals surface area contributed by atoms with Gasteiger partial charge in [-0.05, 0) is 37.0 Å². The average molecular weight is 263 g/mol. The van der Waals surface area contributed by atoms with Gasteiger partial charge in [-0.25, -0.2) is 4.79 Å². The number of aryl methyl sites for hydroxylation is 1. The van der Waals surface area contributed by atoms with Crippen LogP contribution in [0.15, 0.2) is 24.5 Å². The molecule has 6 nitrogen and oxygen atoms in total. The lowest BCUT2D eigenvalue weighted by Gasteiger charge is -2.20. The number of guanidine groups is 1. The van der Waals surface area contributed by atoms with Gasteiger partial charge >= 0.3 is 6.03 Å². The quantitative estimate of drug-likeness (QED) is 0.533. The second-order valence-corrected chi connectivity index (χ2v) is 4.23. The van der Waals surface area contributed by atoms with Crippen LogP contribution in [-0.2, 0) is 6.42 Å². The van der Waals surface area contributed by atoms with Gasteiger partial charge in [0.1, 0.15) is 0 Å². The Kier molecular flexibility index (Phi) is 6.35. The van der Waals surface area contributed by atoms with Crippen LogP contribution in [0.5, 0.6) is 0 Å². The maximum absolute atomic E-state index is 11.8. The van der Waals surface area contributed by atoms with E-state index in [2.05, 4.69) is 10.3 Å². The Morgan fingerprint density at radius 1 is 1.47 bits per heavy atom. The number of urea groups is 1. The number of nitrogens with two attached hydrogens (primary N) is 1. The average Bonchev–Trinajstić information content (AvgIpc) is 2.41. The maximum Gasteiger partial charge on any atom is 0.324 e. The lowest BCUT2D eigenvalue weighted by molar-refractivity contribution is 0.219. The summed E-state index contributed by atoms with van der Waals surface area (Å²) in [4.78, 5) is 17.0. The minimum atomic E-state index is -0.302. The molecular weight excluding hydrogens is 242 g/mol. The van der Waals surface area contributed by atoms with Gasteiger partial charge in [-0.15, -0.1) is 0 Å². The minimum absolute atomic E-state index is 0.219. The third-order valence-electron chi connectivity index (χ3n) is 2.66. The summed E-state index contributed by atoms with van der Waals surface area (Å²) in [6, 6.07) is 3.58. The summed E-state index contributed by atoms with van der Waals surface area (Å²) in [6.07, 6.45) is 5.92. The van der Waals surface area contributed by atoms with E-state index < -0.39 is 0 Å². The fraction of sp³-hybridized carbons (Fsp3) is 0.462. The summed E-state index contributed by atoms with van der Waals surface area (Å²) >= 11 is 0. The Balaban J connectivity index is 2.42. The molecule has 0 saturated carbocycles. The van der Waals surface area contributed by atoms with Gasteiger partial charge in [-0.2, -0.15) is 0 Å². The second-order valence-electron chi connectivity index (χ2n) is 4.23. The van der Waals surface area contributed by atoms with Crippen molar-refractivity contribution in [3.8, 4) is 0 Å². The van der Waals surface area contributed by atoms with Crippen LogP contribution >= 0.6 is 0 Å². The number of aromatic nitrogens is 1. The smallest absolute Gasteiger partial charge is 0.324 e. The van der Waals surface area contributed by atoms with Gasteiger partial charge in [-0.1, -0.05) is 6.92 Å². The molecule has 0 aromatic carbocycles. The first kappa shape index (κ1) is 14.9. The molecule has 19 heavy (non-hydrogen) atoms. The SMILES string of the molecule is CCCNC(=O)N(CCCc1ccncc1)C(=N)N. The number of rotatable bonds is 6. The van der Waals surface area contributed by atoms with Crippen molar-refractivity contribution in [3.63, 3.8) is 0 Å². The highest BCUT2D eigenvalue weighted by Gasteiger charge is 2.14. The van der Waals surface area contributed by atoms with Crippen molar-refractivity contribution in [1.82, 2.24) is 15.2 Å². The van der Waals surface area contributed by atoms with E-state index >= 15 is 0 Å². The molecule has 0 aliphatic carbocycles. The number of carbonyl (C=O) groups is 1. The summed E-state index contributed by atoms with van der Waals surface area (Å²) in [5.41, 5.74) is 6.59. The van der Waals surface area contributed by atoms with Crippen LogP contribution < -0.4 is 11.1 Å². The molecule has 2 amide bonds. The molecule has 0 fully saturated rings. The van der Waals surface area contributed by atoms with Crippen LogP contribution in [0.1, 0.15) is 25.3 Å². The maximum atomic E-state index is 11.8. The van der Waals surface area contributed by atoms with Crippen molar-refractivity contribution in [1.29, 1.82) is 5.41 Å². The van der Waals surface area contributed by atoms with E-state index in [1.165, 1.54) is 4.90 Å². The molecule has 0 aliphatic rings. The van der Waals surface area contributed by atoms with Crippen LogP contribution in [0.25, 0.3) is 0 Å². The number of pyridine rings is 1. The molecule has 6 heteroatoms. The van der Waals surface area contributed by atoms with Gasteiger partial charge in [0, 0.05) is 25.5 Å². The highest BCUT2D eigenvalue weighted by atomic mass is 16.2. The van der Waals surface area contributed by atoms with Crippen LogP contribution in [0, 0.1) is 5.41 Å². The minimum Gasteiger partial charge on any atom is -0.370 e.